The first-order valence-electron chi connectivity index (χ1n) is 9.23. The van der Waals surface area contributed by atoms with E-state index in [-0.39, 0.29) is 10.8 Å². The molecule has 0 bridgehead atoms. The molecule has 2 nitrogen and oxygen atoms in total. The lowest BCUT2D eigenvalue weighted by molar-refractivity contribution is -0.117. The van der Waals surface area contributed by atoms with Crippen LogP contribution in [0, 0.1) is 18.3 Å². The summed E-state index contributed by atoms with van der Waals surface area (Å²) in [4.78, 5) is 12.2. The molecule has 0 aromatic heterocycles. The normalized spacial score (nSPS) is 34.7. The zero-order valence-corrected chi connectivity index (χ0v) is 15.6. The van der Waals surface area contributed by atoms with Crippen LogP contribution in [0.25, 0.3) is 0 Å². The third-order valence-corrected chi connectivity index (χ3v) is 7.50. The average molecular weight is 324 g/mol. The second-order valence-electron chi connectivity index (χ2n) is 8.57. The first-order chi connectivity index (χ1) is 11.3. The van der Waals surface area contributed by atoms with Gasteiger partial charge in [0.25, 0.3) is 0 Å². The van der Waals surface area contributed by atoms with Crippen molar-refractivity contribution in [2.45, 2.75) is 65.2 Å². The number of hydrogen-bond acceptors (Lipinski definition) is 2. The number of fused-ring (bicyclic) bond motifs is 5. The van der Waals surface area contributed by atoms with E-state index in [0.29, 0.717) is 18.1 Å². The Labute approximate surface area is 145 Å². The summed E-state index contributed by atoms with van der Waals surface area (Å²) in [5.41, 5.74) is 6.97. The molecule has 24 heavy (non-hydrogen) atoms. The minimum Gasteiger partial charge on any atom is -0.496 e. The van der Waals surface area contributed by atoms with Crippen molar-refractivity contribution in [3.05, 3.63) is 40.0 Å². The van der Waals surface area contributed by atoms with E-state index in [4.69, 9.17) is 4.74 Å². The van der Waals surface area contributed by atoms with E-state index in [1.54, 1.807) is 7.11 Å². The van der Waals surface area contributed by atoms with Gasteiger partial charge >= 0.3 is 0 Å². The van der Waals surface area contributed by atoms with Gasteiger partial charge in [0.1, 0.15) is 5.75 Å². The zero-order valence-electron chi connectivity index (χ0n) is 15.6. The van der Waals surface area contributed by atoms with Crippen LogP contribution in [0.5, 0.6) is 5.75 Å². The number of Topliss-reactive ketones (excluding diaryl/α,β-unsaturated/α-hetero) is 1. The quantitative estimate of drug-likeness (QED) is 0.733. The second-order valence-corrected chi connectivity index (χ2v) is 8.57. The molecule has 0 N–H and O–H groups in total. The average Bonchev–Trinajstić information content (AvgIpc) is 2.86. The Bertz CT molecular complexity index is 772. The van der Waals surface area contributed by atoms with Crippen molar-refractivity contribution in [3.63, 3.8) is 0 Å². The monoisotopic (exact) mass is 324 g/mol. The lowest BCUT2D eigenvalue weighted by Crippen LogP contribution is -2.47. The molecule has 0 spiro atoms. The standard InChI is InChI=1S/C22H28O2/c1-13-6-7-15-12-18-21(3)11-9-17(23)14(2)16(21)8-10-22(18,4)19(15)20(13)24-5/h6-7,18H,8-12H2,1-5H3/t18-,21+,22+/m1/s1. The summed E-state index contributed by atoms with van der Waals surface area (Å²) in [6.07, 6.45) is 5.01. The molecule has 3 atom stereocenters. The minimum atomic E-state index is 0.156. The maximum atomic E-state index is 12.2. The Balaban J connectivity index is 1.90. The van der Waals surface area contributed by atoms with E-state index in [2.05, 4.69) is 39.8 Å². The van der Waals surface area contributed by atoms with Gasteiger partial charge in [-0.25, -0.2) is 0 Å². The number of aryl methyl sites for hydroxylation is 1. The van der Waals surface area contributed by atoms with Gasteiger partial charge < -0.3 is 4.74 Å². The van der Waals surface area contributed by atoms with E-state index < -0.39 is 0 Å². The molecule has 128 valence electrons. The molecule has 1 saturated carbocycles. The van der Waals surface area contributed by atoms with Gasteiger partial charge in [-0.1, -0.05) is 31.6 Å². The Hall–Kier alpha value is -1.57. The maximum absolute atomic E-state index is 12.2. The van der Waals surface area contributed by atoms with Crippen molar-refractivity contribution in [3.8, 4) is 5.75 Å². The first-order valence-corrected chi connectivity index (χ1v) is 9.23. The van der Waals surface area contributed by atoms with E-state index in [1.807, 2.05) is 0 Å². The van der Waals surface area contributed by atoms with Crippen molar-refractivity contribution in [1.82, 2.24) is 0 Å². The Morgan fingerprint density at radius 1 is 1.08 bits per heavy atom. The lowest BCUT2D eigenvalue weighted by atomic mass is 9.50. The molecule has 3 aliphatic rings. The van der Waals surface area contributed by atoms with Crippen LogP contribution in [0.4, 0.5) is 0 Å². The van der Waals surface area contributed by atoms with Gasteiger partial charge in [0, 0.05) is 17.4 Å². The third-order valence-electron chi connectivity index (χ3n) is 7.50. The summed E-state index contributed by atoms with van der Waals surface area (Å²) < 4.78 is 5.84. The van der Waals surface area contributed by atoms with Crippen molar-refractivity contribution in [2.75, 3.05) is 7.11 Å². The van der Waals surface area contributed by atoms with Crippen molar-refractivity contribution < 1.29 is 9.53 Å². The molecule has 1 aromatic carbocycles. The fraction of sp³-hybridized carbons (Fsp3) is 0.591. The molecule has 0 unspecified atom stereocenters. The molecule has 0 radical (unpaired) electrons. The van der Waals surface area contributed by atoms with Gasteiger partial charge in [0.2, 0.25) is 0 Å². The SMILES string of the molecule is COc1c(C)ccc2c1[C@@]1(C)CCC3=C(C)C(=O)CC[C@]3(C)[C@H]1C2. The molecular weight excluding hydrogens is 296 g/mol. The van der Waals surface area contributed by atoms with Crippen molar-refractivity contribution in [2.24, 2.45) is 11.3 Å². The number of hydrogen-bond donors (Lipinski definition) is 0. The summed E-state index contributed by atoms with van der Waals surface area (Å²) in [7, 11) is 1.80. The van der Waals surface area contributed by atoms with Crippen molar-refractivity contribution in [1.29, 1.82) is 0 Å². The highest BCUT2D eigenvalue weighted by Crippen LogP contribution is 2.64. The Kier molecular flexibility index (Phi) is 3.30. The number of ether oxygens (including phenoxy) is 1. The first kappa shape index (κ1) is 15.9. The molecule has 1 fully saturated rings. The van der Waals surface area contributed by atoms with Crippen LogP contribution in [-0.2, 0) is 16.6 Å². The topological polar surface area (TPSA) is 26.3 Å². The number of benzene rings is 1. The molecule has 0 aliphatic heterocycles. The fourth-order valence-electron chi connectivity index (χ4n) is 6.18. The van der Waals surface area contributed by atoms with E-state index >= 15 is 0 Å². The van der Waals surface area contributed by atoms with Crippen molar-refractivity contribution >= 4 is 5.78 Å². The van der Waals surface area contributed by atoms with Crippen LogP contribution in [0.15, 0.2) is 23.3 Å². The molecule has 2 heteroatoms. The number of methoxy groups -OCH3 is 1. The summed E-state index contributed by atoms with van der Waals surface area (Å²) in [5.74, 6) is 2.04. The molecule has 0 saturated heterocycles. The summed E-state index contributed by atoms with van der Waals surface area (Å²) in [6, 6.07) is 4.51. The lowest BCUT2D eigenvalue weighted by Gasteiger charge is -2.53. The fourth-order valence-corrected chi connectivity index (χ4v) is 6.18. The molecular formula is C22H28O2. The van der Waals surface area contributed by atoms with Crippen LogP contribution in [0.1, 0.15) is 63.1 Å². The second kappa shape index (κ2) is 4.97. The van der Waals surface area contributed by atoms with Gasteiger partial charge in [-0.15, -0.1) is 0 Å². The van der Waals surface area contributed by atoms with Gasteiger partial charge in [0.05, 0.1) is 7.11 Å². The summed E-state index contributed by atoms with van der Waals surface area (Å²) in [5, 5.41) is 0. The summed E-state index contributed by atoms with van der Waals surface area (Å²) in [6.45, 7) is 9.07. The van der Waals surface area contributed by atoms with E-state index in [0.717, 1.165) is 37.0 Å². The maximum Gasteiger partial charge on any atom is 0.158 e. The van der Waals surface area contributed by atoms with Crippen LogP contribution < -0.4 is 4.74 Å². The molecule has 3 aliphatic carbocycles. The molecule has 0 amide bonds. The Morgan fingerprint density at radius 3 is 2.50 bits per heavy atom. The van der Waals surface area contributed by atoms with Crippen LogP contribution >= 0.6 is 0 Å². The van der Waals surface area contributed by atoms with Crippen LogP contribution in [0.2, 0.25) is 0 Å². The predicted octanol–water partition coefficient (Wildman–Crippen LogP) is 4.91. The number of ketones is 1. The number of carbonyl (C=O) groups excluding carboxylic acids is 1. The van der Waals surface area contributed by atoms with Gasteiger partial charge in [0.15, 0.2) is 5.78 Å². The van der Waals surface area contributed by atoms with E-state index in [9.17, 15) is 4.79 Å². The minimum absolute atomic E-state index is 0.156. The van der Waals surface area contributed by atoms with Gasteiger partial charge in [-0.05, 0) is 67.6 Å². The van der Waals surface area contributed by atoms with Gasteiger partial charge in [-0.3, -0.25) is 4.79 Å². The molecule has 1 aromatic rings. The zero-order chi connectivity index (χ0) is 17.3. The molecule has 4 rings (SSSR count). The highest BCUT2D eigenvalue weighted by Gasteiger charge is 2.57. The van der Waals surface area contributed by atoms with Crippen LogP contribution in [0.3, 0.4) is 0 Å². The highest BCUT2D eigenvalue weighted by molar-refractivity contribution is 5.96. The largest absolute Gasteiger partial charge is 0.496 e. The summed E-state index contributed by atoms with van der Waals surface area (Å²) >= 11 is 0. The number of allylic oxidation sites excluding steroid dienone is 2. The highest BCUT2D eigenvalue weighted by atomic mass is 16.5. The molecule has 0 heterocycles. The third kappa shape index (κ3) is 1.80. The number of rotatable bonds is 1. The van der Waals surface area contributed by atoms with Gasteiger partial charge in [-0.2, -0.15) is 0 Å². The number of carbonyl (C=O) groups is 1. The Morgan fingerprint density at radius 2 is 1.79 bits per heavy atom. The van der Waals surface area contributed by atoms with E-state index in [1.165, 1.54) is 22.3 Å². The predicted molar refractivity (Wildman–Crippen MR) is 96.6 cm³/mol. The van der Waals surface area contributed by atoms with Crippen LogP contribution in [-0.4, -0.2) is 12.9 Å². The smallest absolute Gasteiger partial charge is 0.158 e.